The maximum absolute atomic E-state index is 12.1. The van der Waals surface area contributed by atoms with Gasteiger partial charge < -0.3 is 14.4 Å². The largest absolute Gasteiger partial charge is 0.467 e. The monoisotopic (exact) mass is 289 g/mol. The summed E-state index contributed by atoms with van der Waals surface area (Å²) in [7, 11) is 1.30. The smallest absolute Gasteiger partial charge is 0.336 e. The van der Waals surface area contributed by atoms with Crippen LogP contribution in [0.15, 0.2) is 12.1 Å². The third kappa shape index (κ3) is 2.82. The van der Waals surface area contributed by atoms with Gasteiger partial charge in [0.25, 0.3) is 5.91 Å². The number of nitrogens with zero attached hydrogens (tertiary/aromatic N) is 1. The molecule has 5 nitrogen and oxygen atoms in total. The number of ether oxygens (including phenoxy) is 2. The number of halogens is 1. The number of rotatable bonds is 2. The van der Waals surface area contributed by atoms with E-state index in [1.54, 1.807) is 17.0 Å². The standard InChI is InChI=1S/C11H12ClNO4S/c1-16-11(15)7-6-13(4-5-17-7)10(14)8-2-3-9(12)18-8/h2-3,7H,4-6H2,1H3. The summed E-state index contributed by atoms with van der Waals surface area (Å²) in [5, 5.41) is 0. The van der Waals surface area contributed by atoms with Crippen molar-refractivity contribution in [2.24, 2.45) is 0 Å². The van der Waals surface area contributed by atoms with Crippen molar-refractivity contribution in [2.75, 3.05) is 26.8 Å². The number of carbonyl (C=O) groups is 2. The molecule has 1 amide bonds. The summed E-state index contributed by atoms with van der Waals surface area (Å²) < 4.78 is 10.4. The molecule has 7 heteroatoms. The second-order valence-corrected chi connectivity index (χ2v) is 5.45. The van der Waals surface area contributed by atoms with Crippen LogP contribution in [0.1, 0.15) is 9.67 Å². The van der Waals surface area contributed by atoms with Gasteiger partial charge in [-0.15, -0.1) is 11.3 Å². The lowest BCUT2D eigenvalue weighted by Gasteiger charge is -2.31. The number of methoxy groups -OCH3 is 1. The van der Waals surface area contributed by atoms with Crippen molar-refractivity contribution in [3.05, 3.63) is 21.3 Å². The number of hydrogen-bond donors (Lipinski definition) is 0. The predicted molar refractivity (Wildman–Crippen MR) is 67.0 cm³/mol. The van der Waals surface area contributed by atoms with Gasteiger partial charge in [-0.2, -0.15) is 0 Å². The molecule has 0 N–H and O–H groups in total. The van der Waals surface area contributed by atoms with Crippen LogP contribution < -0.4 is 0 Å². The van der Waals surface area contributed by atoms with E-state index in [2.05, 4.69) is 4.74 Å². The zero-order valence-corrected chi connectivity index (χ0v) is 11.3. The first-order chi connectivity index (χ1) is 8.61. The van der Waals surface area contributed by atoms with Crippen LogP contribution in [-0.2, 0) is 14.3 Å². The number of morpholine rings is 1. The summed E-state index contributed by atoms with van der Waals surface area (Å²) in [5.74, 6) is -0.596. The van der Waals surface area contributed by atoms with Gasteiger partial charge in [0.2, 0.25) is 0 Å². The van der Waals surface area contributed by atoms with E-state index in [0.29, 0.717) is 22.4 Å². The molecule has 1 unspecified atom stereocenters. The fourth-order valence-corrected chi connectivity index (χ4v) is 2.70. The lowest BCUT2D eigenvalue weighted by Crippen LogP contribution is -2.48. The lowest BCUT2D eigenvalue weighted by molar-refractivity contribution is -0.158. The molecule has 0 radical (unpaired) electrons. The maximum atomic E-state index is 12.1. The van der Waals surface area contributed by atoms with E-state index >= 15 is 0 Å². The van der Waals surface area contributed by atoms with Crippen LogP contribution in [0.5, 0.6) is 0 Å². The summed E-state index contributed by atoms with van der Waals surface area (Å²) in [5.41, 5.74) is 0. The molecular weight excluding hydrogens is 278 g/mol. The molecular formula is C11H12ClNO4S. The Balaban J connectivity index is 2.05. The van der Waals surface area contributed by atoms with Gasteiger partial charge in [0.05, 0.1) is 29.5 Å². The van der Waals surface area contributed by atoms with E-state index in [-0.39, 0.29) is 12.5 Å². The molecule has 0 aromatic carbocycles. The molecule has 0 saturated carbocycles. The number of esters is 1. The van der Waals surface area contributed by atoms with Crippen molar-refractivity contribution in [1.29, 1.82) is 0 Å². The molecule has 18 heavy (non-hydrogen) atoms. The first-order valence-corrected chi connectivity index (χ1v) is 6.55. The molecule has 1 aromatic heterocycles. The molecule has 0 bridgehead atoms. The summed E-state index contributed by atoms with van der Waals surface area (Å²) >= 11 is 7.02. The SMILES string of the molecule is COC(=O)C1CN(C(=O)c2ccc(Cl)s2)CCO1. The van der Waals surface area contributed by atoms with Crippen molar-refractivity contribution < 1.29 is 19.1 Å². The Morgan fingerprint density at radius 1 is 1.56 bits per heavy atom. The number of amides is 1. The van der Waals surface area contributed by atoms with Crippen LogP contribution in [0.2, 0.25) is 4.34 Å². The second-order valence-electron chi connectivity index (χ2n) is 3.74. The van der Waals surface area contributed by atoms with E-state index in [0.717, 1.165) is 0 Å². The molecule has 2 rings (SSSR count). The van der Waals surface area contributed by atoms with Crippen LogP contribution in [0.3, 0.4) is 0 Å². The van der Waals surface area contributed by atoms with E-state index in [9.17, 15) is 9.59 Å². The molecule has 1 aromatic rings. The lowest BCUT2D eigenvalue weighted by atomic mass is 10.2. The van der Waals surface area contributed by atoms with Gasteiger partial charge in [0.1, 0.15) is 0 Å². The van der Waals surface area contributed by atoms with Gasteiger partial charge >= 0.3 is 5.97 Å². The first-order valence-electron chi connectivity index (χ1n) is 5.36. The minimum atomic E-state index is -0.705. The van der Waals surface area contributed by atoms with Crippen LogP contribution >= 0.6 is 22.9 Å². The fourth-order valence-electron chi connectivity index (χ4n) is 1.69. The average Bonchev–Trinajstić information content (AvgIpc) is 2.83. The zero-order valence-electron chi connectivity index (χ0n) is 9.72. The summed E-state index contributed by atoms with van der Waals surface area (Å²) in [4.78, 5) is 25.6. The molecule has 1 fully saturated rings. The highest BCUT2D eigenvalue weighted by atomic mass is 35.5. The number of thiophene rings is 1. The summed E-state index contributed by atoms with van der Waals surface area (Å²) in [6, 6.07) is 3.36. The third-order valence-electron chi connectivity index (χ3n) is 2.60. The van der Waals surface area contributed by atoms with Crippen molar-refractivity contribution in [2.45, 2.75) is 6.10 Å². The van der Waals surface area contributed by atoms with Crippen LogP contribution in [-0.4, -0.2) is 49.7 Å². The molecule has 0 spiro atoms. The first kappa shape index (κ1) is 13.3. The minimum absolute atomic E-state index is 0.135. The average molecular weight is 290 g/mol. The van der Waals surface area contributed by atoms with Crippen LogP contribution in [0, 0.1) is 0 Å². The van der Waals surface area contributed by atoms with Crippen LogP contribution in [0.25, 0.3) is 0 Å². The summed E-state index contributed by atoms with van der Waals surface area (Å²) in [6.07, 6.45) is -0.705. The second kappa shape index (κ2) is 5.69. The Labute approximate surface area is 113 Å². The van der Waals surface area contributed by atoms with Crippen molar-refractivity contribution in [1.82, 2.24) is 4.90 Å². The van der Waals surface area contributed by atoms with E-state index in [1.165, 1.54) is 18.4 Å². The van der Waals surface area contributed by atoms with Gasteiger partial charge in [-0.1, -0.05) is 11.6 Å². The Kier molecular flexibility index (Phi) is 4.21. The quantitative estimate of drug-likeness (QED) is 0.773. The third-order valence-corrected chi connectivity index (χ3v) is 3.82. The molecule has 1 saturated heterocycles. The van der Waals surface area contributed by atoms with Gasteiger partial charge in [0.15, 0.2) is 6.10 Å². The highest BCUT2D eigenvalue weighted by Gasteiger charge is 2.30. The highest BCUT2D eigenvalue weighted by Crippen LogP contribution is 2.23. The Morgan fingerprint density at radius 2 is 2.33 bits per heavy atom. The topological polar surface area (TPSA) is 55.8 Å². The van der Waals surface area contributed by atoms with Gasteiger partial charge in [-0.3, -0.25) is 4.79 Å². The van der Waals surface area contributed by atoms with E-state index in [4.69, 9.17) is 16.3 Å². The number of carbonyl (C=O) groups excluding carboxylic acids is 2. The molecule has 0 aliphatic carbocycles. The molecule has 1 aliphatic rings. The van der Waals surface area contributed by atoms with Crippen molar-refractivity contribution >= 4 is 34.8 Å². The minimum Gasteiger partial charge on any atom is -0.467 e. The van der Waals surface area contributed by atoms with Gasteiger partial charge in [0, 0.05) is 6.54 Å². The molecule has 1 aliphatic heterocycles. The summed E-state index contributed by atoms with van der Waals surface area (Å²) in [6.45, 7) is 0.994. The normalized spacial score (nSPS) is 19.7. The van der Waals surface area contributed by atoms with Crippen molar-refractivity contribution in [3.8, 4) is 0 Å². The van der Waals surface area contributed by atoms with Crippen molar-refractivity contribution in [3.63, 3.8) is 0 Å². The Morgan fingerprint density at radius 3 is 2.94 bits per heavy atom. The van der Waals surface area contributed by atoms with Gasteiger partial charge in [-0.05, 0) is 12.1 Å². The predicted octanol–water partition coefficient (Wildman–Crippen LogP) is 1.42. The van der Waals surface area contributed by atoms with E-state index < -0.39 is 12.1 Å². The Bertz CT molecular complexity index is 462. The highest BCUT2D eigenvalue weighted by molar-refractivity contribution is 7.17. The number of hydrogen-bond acceptors (Lipinski definition) is 5. The maximum Gasteiger partial charge on any atom is 0.336 e. The Hall–Kier alpha value is -1.11. The van der Waals surface area contributed by atoms with Crippen LogP contribution in [0.4, 0.5) is 0 Å². The van der Waals surface area contributed by atoms with Gasteiger partial charge in [-0.25, -0.2) is 4.79 Å². The molecule has 98 valence electrons. The fraction of sp³-hybridized carbons (Fsp3) is 0.455. The molecule has 1 atom stereocenters. The van der Waals surface area contributed by atoms with E-state index in [1.807, 2.05) is 0 Å². The zero-order chi connectivity index (χ0) is 13.1. The molecule has 2 heterocycles.